The smallest absolute Gasteiger partial charge is 0.266 e. The highest BCUT2D eigenvalue weighted by Crippen LogP contribution is 2.28. The third-order valence-electron chi connectivity index (χ3n) is 4.38. The Balaban J connectivity index is 2.05. The molecular formula is C15H17N5OS. The van der Waals surface area contributed by atoms with E-state index in [0.29, 0.717) is 22.0 Å². The van der Waals surface area contributed by atoms with E-state index in [4.69, 9.17) is 0 Å². The summed E-state index contributed by atoms with van der Waals surface area (Å²) in [6.45, 7) is 0. The Bertz CT molecular complexity index is 894. The van der Waals surface area contributed by atoms with Gasteiger partial charge in [-0.25, -0.2) is 15.0 Å². The molecule has 1 saturated carbocycles. The quantitative estimate of drug-likeness (QED) is 0.537. The predicted molar refractivity (Wildman–Crippen MR) is 86.5 cm³/mol. The van der Waals surface area contributed by atoms with Crippen molar-refractivity contribution in [2.75, 3.05) is 6.26 Å². The first kappa shape index (κ1) is 13.8. The molecule has 0 aliphatic heterocycles. The third-order valence-corrected chi connectivity index (χ3v) is 4.94. The normalized spacial score (nSPS) is 16.6. The first-order valence-corrected chi connectivity index (χ1v) is 8.80. The highest BCUT2D eigenvalue weighted by atomic mass is 32.2. The zero-order valence-corrected chi connectivity index (χ0v) is 13.2. The van der Waals surface area contributed by atoms with Crippen molar-refractivity contribution >= 4 is 28.6 Å². The van der Waals surface area contributed by atoms with Gasteiger partial charge in [-0.3, -0.25) is 13.8 Å². The van der Waals surface area contributed by atoms with Crippen LogP contribution < -0.4 is 5.56 Å². The Morgan fingerprint density at radius 1 is 1.23 bits per heavy atom. The molecule has 3 aromatic heterocycles. The van der Waals surface area contributed by atoms with Crippen LogP contribution in [0.5, 0.6) is 0 Å². The van der Waals surface area contributed by atoms with Gasteiger partial charge in [0, 0.05) is 24.6 Å². The summed E-state index contributed by atoms with van der Waals surface area (Å²) in [6.07, 6.45) is 12.8. The zero-order valence-electron chi connectivity index (χ0n) is 12.4. The molecule has 0 atom stereocenters. The van der Waals surface area contributed by atoms with Crippen LogP contribution in [0.25, 0.3) is 16.8 Å². The molecule has 0 amide bonds. The number of nitrogens with zero attached hydrogens (tertiary/aromatic N) is 5. The van der Waals surface area contributed by atoms with Gasteiger partial charge in [-0.2, -0.15) is 0 Å². The van der Waals surface area contributed by atoms with Gasteiger partial charge in [0.2, 0.25) is 5.78 Å². The second-order valence-corrected chi connectivity index (χ2v) is 6.43. The molecule has 0 unspecified atom stereocenters. The van der Waals surface area contributed by atoms with E-state index in [1.165, 1.54) is 31.0 Å². The molecule has 1 aliphatic rings. The summed E-state index contributed by atoms with van der Waals surface area (Å²) in [7, 11) is 0. The van der Waals surface area contributed by atoms with Crippen LogP contribution in [0.15, 0.2) is 28.5 Å². The van der Waals surface area contributed by atoms with Crippen LogP contribution >= 0.6 is 11.8 Å². The van der Waals surface area contributed by atoms with Crippen LogP contribution in [0.2, 0.25) is 0 Å². The molecule has 0 saturated heterocycles. The van der Waals surface area contributed by atoms with Crippen LogP contribution in [0.4, 0.5) is 0 Å². The molecule has 0 radical (unpaired) electrons. The van der Waals surface area contributed by atoms with Crippen LogP contribution in [0, 0.1) is 0 Å². The van der Waals surface area contributed by atoms with Crippen LogP contribution in [-0.4, -0.2) is 30.2 Å². The van der Waals surface area contributed by atoms with E-state index in [9.17, 15) is 4.79 Å². The van der Waals surface area contributed by atoms with Crippen molar-refractivity contribution in [2.45, 2.75) is 43.3 Å². The lowest BCUT2D eigenvalue weighted by molar-refractivity contribution is 0.351. The molecule has 7 heteroatoms. The van der Waals surface area contributed by atoms with E-state index in [2.05, 4.69) is 15.0 Å². The molecule has 114 valence electrons. The minimum atomic E-state index is -0.0201. The number of hydrogen-bond acceptors (Lipinski definition) is 5. The van der Waals surface area contributed by atoms with Gasteiger partial charge in [-0.05, 0) is 19.1 Å². The monoisotopic (exact) mass is 315 g/mol. The van der Waals surface area contributed by atoms with E-state index in [1.807, 2.05) is 21.4 Å². The van der Waals surface area contributed by atoms with Crippen molar-refractivity contribution in [3.63, 3.8) is 0 Å². The van der Waals surface area contributed by atoms with Gasteiger partial charge in [-0.1, -0.05) is 31.0 Å². The maximum atomic E-state index is 13.0. The summed E-state index contributed by atoms with van der Waals surface area (Å²) in [6, 6.07) is 0.232. The Labute approximate surface area is 131 Å². The number of fused-ring (bicyclic) bond motifs is 3. The second-order valence-electron chi connectivity index (χ2n) is 5.66. The topological polar surface area (TPSA) is 65.1 Å². The highest BCUT2D eigenvalue weighted by molar-refractivity contribution is 7.98. The molecule has 22 heavy (non-hydrogen) atoms. The lowest BCUT2D eigenvalue weighted by Crippen LogP contribution is -2.29. The maximum Gasteiger partial charge on any atom is 0.266 e. The Morgan fingerprint density at radius 2 is 2.05 bits per heavy atom. The van der Waals surface area contributed by atoms with E-state index >= 15 is 0 Å². The van der Waals surface area contributed by atoms with Gasteiger partial charge >= 0.3 is 0 Å². The van der Waals surface area contributed by atoms with Gasteiger partial charge in [0.05, 0.1) is 0 Å². The summed E-state index contributed by atoms with van der Waals surface area (Å²) < 4.78 is 3.76. The Hall–Kier alpha value is -1.89. The van der Waals surface area contributed by atoms with E-state index < -0.39 is 0 Å². The Morgan fingerprint density at radius 3 is 2.82 bits per heavy atom. The summed E-state index contributed by atoms with van der Waals surface area (Å²) in [5.41, 5.74) is 0.622. The molecule has 1 aliphatic carbocycles. The number of imidazole rings is 1. The molecule has 3 aromatic rings. The van der Waals surface area contributed by atoms with Gasteiger partial charge in [0.15, 0.2) is 10.8 Å². The fraction of sp³-hybridized carbons (Fsp3) is 0.467. The predicted octanol–water partition coefficient (Wildman–Crippen LogP) is 2.67. The lowest BCUT2D eigenvalue weighted by atomic mass is 9.95. The molecule has 0 N–H and O–H groups in total. The SMILES string of the molecule is CSc1ncc2c(=O)n(C3CCCCC3)c3nccn3c2n1. The Kier molecular flexibility index (Phi) is 3.37. The molecule has 0 spiro atoms. The fourth-order valence-electron chi connectivity index (χ4n) is 3.32. The van der Waals surface area contributed by atoms with Crippen LogP contribution in [0.1, 0.15) is 38.1 Å². The summed E-state index contributed by atoms with van der Waals surface area (Å²) in [4.78, 5) is 26.2. The van der Waals surface area contributed by atoms with E-state index in [1.54, 1.807) is 12.4 Å². The van der Waals surface area contributed by atoms with E-state index in [0.717, 1.165) is 12.8 Å². The van der Waals surface area contributed by atoms with Gasteiger partial charge in [0.25, 0.3) is 5.56 Å². The first-order valence-electron chi connectivity index (χ1n) is 7.58. The number of thioether (sulfide) groups is 1. The zero-order chi connectivity index (χ0) is 15.1. The number of aromatic nitrogens is 5. The van der Waals surface area contributed by atoms with Crippen molar-refractivity contribution < 1.29 is 0 Å². The molecule has 6 nitrogen and oxygen atoms in total. The van der Waals surface area contributed by atoms with Crippen molar-refractivity contribution in [2.24, 2.45) is 0 Å². The average molecular weight is 315 g/mol. The van der Waals surface area contributed by atoms with Crippen molar-refractivity contribution in [3.8, 4) is 0 Å². The fourth-order valence-corrected chi connectivity index (χ4v) is 3.65. The molecule has 0 bridgehead atoms. The molecule has 4 rings (SSSR count). The van der Waals surface area contributed by atoms with E-state index in [-0.39, 0.29) is 11.6 Å². The van der Waals surface area contributed by atoms with Gasteiger partial charge in [-0.15, -0.1) is 0 Å². The molecule has 0 aromatic carbocycles. The van der Waals surface area contributed by atoms with Crippen LogP contribution in [0.3, 0.4) is 0 Å². The first-order chi connectivity index (χ1) is 10.8. The molecule has 1 fully saturated rings. The summed E-state index contributed by atoms with van der Waals surface area (Å²) >= 11 is 1.47. The molecule has 3 heterocycles. The second kappa shape index (κ2) is 5.39. The van der Waals surface area contributed by atoms with Gasteiger partial charge in [0.1, 0.15) is 5.39 Å². The number of rotatable bonds is 2. The lowest BCUT2D eigenvalue weighted by Gasteiger charge is -2.24. The van der Waals surface area contributed by atoms with Crippen LogP contribution in [-0.2, 0) is 0 Å². The minimum absolute atomic E-state index is 0.0201. The highest BCUT2D eigenvalue weighted by Gasteiger charge is 2.22. The average Bonchev–Trinajstić information content (AvgIpc) is 3.05. The summed E-state index contributed by atoms with van der Waals surface area (Å²) in [5, 5.41) is 1.23. The standard InChI is InChI=1S/C15H17N5OS/c1-22-14-17-9-11-12(18-14)19-8-7-16-15(19)20(13(11)21)10-5-3-2-4-6-10/h7-10H,2-6H2,1H3. The molecular weight excluding hydrogens is 298 g/mol. The number of hydrogen-bond donors (Lipinski definition) is 0. The van der Waals surface area contributed by atoms with Crippen molar-refractivity contribution in [1.29, 1.82) is 0 Å². The maximum absolute atomic E-state index is 13.0. The summed E-state index contributed by atoms with van der Waals surface area (Å²) in [5.74, 6) is 0.690. The van der Waals surface area contributed by atoms with Gasteiger partial charge < -0.3 is 0 Å². The third kappa shape index (κ3) is 2.03. The van der Waals surface area contributed by atoms with Crippen molar-refractivity contribution in [3.05, 3.63) is 28.9 Å². The van der Waals surface area contributed by atoms with Crippen molar-refractivity contribution in [1.82, 2.24) is 23.9 Å². The minimum Gasteiger partial charge on any atom is -0.274 e. The largest absolute Gasteiger partial charge is 0.274 e.